The van der Waals surface area contributed by atoms with Crippen LogP contribution in [-0.4, -0.2) is 46.7 Å². The minimum absolute atomic E-state index is 0.100. The second kappa shape index (κ2) is 7.06. The molecule has 5 heteroatoms. The molecule has 2 saturated heterocycles. The first kappa shape index (κ1) is 17.0. The minimum Gasteiger partial charge on any atom is -0.338 e. The van der Waals surface area contributed by atoms with Crippen molar-refractivity contribution in [2.45, 2.75) is 38.1 Å². The number of imide groups is 1. The van der Waals surface area contributed by atoms with Crippen molar-refractivity contribution >= 4 is 17.7 Å². The van der Waals surface area contributed by atoms with Gasteiger partial charge in [0.15, 0.2) is 0 Å². The number of amides is 3. The molecule has 0 N–H and O–H groups in total. The van der Waals surface area contributed by atoms with Gasteiger partial charge >= 0.3 is 0 Å². The molecule has 0 saturated carbocycles. The summed E-state index contributed by atoms with van der Waals surface area (Å²) in [5.74, 6) is -0.970. The maximum Gasteiger partial charge on any atom is 0.243 e. The van der Waals surface area contributed by atoms with Crippen LogP contribution in [0.4, 0.5) is 0 Å². The summed E-state index contributed by atoms with van der Waals surface area (Å²) < 4.78 is 0. The number of nitrogens with zero attached hydrogens (tertiary/aromatic N) is 2. The van der Waals surface area contributed by atoms with Crippen molar-refractivity contribution in [1.29, 1.82) is 0 Å². The summed E-state index contributed by atoms with van der Waals surface area (Å²) in [6, 6.07) is 10.3. The first-order chi connectivity index (χ1) is 12.6. The van der Waals surface area contributed by atoms with Gasteiger partial charge in [-0.2, -0.15) is 0 Å². The normalized spacial score (nSPS) is 27.9. The van der Waals surface area contributed by atoms with Gasteiger partial charge in [0, 0.05) is 12.6 Å². The fraction of sp³-hybridized carbons (Fsp3) is 0.476. The van der Waals surface area contributed by atoms with Gasteiger partial charge < -0.3 is 4.90 Å². The van der Waals surface area contributed by atoms with E-state index < -0.39 is 0 Å². The van der Waals surface area contributed by atoms with Crippen LogP contribution in [0.25, 0.3) is 0 Å². The van der Waals surface area contributed by atoms with Gasteiger partial charge in [0.1, 0.15) is 6.54 Å². The Morgan fingerprint density at radius 2 is 1.65 bits per heavy atom. The van der Waals surface area contributed by atoms with E-state index in [2.05, 4.69) is 12.1 Å². The number of carbonyl (C=O) groups excluding carboxylic acids is 3. The predicted molar refractivity (Wildman–Crippen MR) is 97.0 cm³/mol. The molecule has 0 radical (unpaired) electrons. The van der Waals surface area contributed by atoms with Crippen LogP contribution >= 0.6 is 0 Å². The Kier molecular flexibility index (Phi) is 4.62. The van der Waals surface area contributed by atoms with Crippen LogP contribution in [0.5, 0.6) is 0 Å². The lowest BCUT2D eigenvalue weighted by Gasteiger charge is -2.27. The number of hydrogen-bond donors (Lipinski definition) is 0. The van der Waals surface area contributed by atoms with Gasteiger partial charge in [-0.3, -0.25) is 19.3 Å². The van der Waals surface area contributed by atoms with E-state index in [0.29, 0.717) is 19.4 Å². The Balaban J connectivity index is 1.42. The molecule has 1 aromatic rings. The molecule has 26 heavy (non-hydrogen) atoms. The van der Waals surface area contributed by atoms with Crippen molar-refractivity contribution < 1.29 is 14.4 Å². The van der Waals surface area contributed by atoms with E-state index in [4.69, 9.17) is 0 Å². The van der Waals surface area contributed by atoms with Crippen LogP contribution in [0, 0.1) is 11.8 Å². The van der Waals surface area contributed by atoms with Gasteiger partial charge in [0.2, 0.25) is 17.7 Å². The second-order valence-electron chi connectivity index (χ2n) is 7.49. The summed E-state index contributed by atoms with van der Waals surface area (Å²) in [6.45, 7) is 0.608. The minimum atomic E-state index is -0.265. The van der Waals surface area contributed by atoms with Crippen molar-refractivity contribution in [3.8, 4) is 0 Å². The molecule has 3 aliphatic rings. The Labute approximate surface area is 153 Å². The summed E-state index contributed by atoms with van der Waals surface area (Å²) in [5.41, 5.74) is 1.21. The van der Waals surface area contributed by atoms with Crippen LogP contribution in [0.15, 0.2) is 42.5 Å². The van der Waals surface area contributed by atoms with E-state index in [9.17, 15) is 14.4 Å². The zero-order valence-corrected chi connectivity index (χ0v) is 14.8. The average molecular weight is 352 g/mol. The van der Waals surface area contributed by atoms with Gasteiger partial charge in [-0.25, -0.2) is 0 Å². The first-order valence-corrected chi connectivity index (χ1v) is 9.49. The van der Waals surface area contributed by atoms with Crippen LogP contribution in [-0.2, 0) is 20.8 Å². The zero-order chi connectivity index (χ0) is 18.1. The Hall–Kier alpha value is -2.43. The molecule has 3 amide bonds. The monoisotopic (exact) mass is 352 g/mol. The SMILES string of the molecule is O=C1C2CC=CCC2C(=O)N1CC(=O)N1CCCC1Cc1ccccc1. The molecule has 0 bridgehead atoms. The predicted octanol–water partition coefficient (Wildman–Crippen LogP) is 2.17. The largest absolute Gasteiger partial charge is 0.338 e. The van der Waals surface area contributed by atoms with Gasteiger partial charge in [0.05, 0.1) is 11.8 Å². The molecule has 3 atom stereocenters. The maximum absolute atomic E-state index is 12.9. The summed E-state index contributed by atoms with van der Waals surface area (Å²) in [6.07, 6.45) is 7.92. The van der Waals surface area contributed by atoms with Crippen molar-refractivity contribution in [3.05, 3.63) is 48.0 Å². The molecule has 1 aromatic carbocycles. The molecule has 0 aromatic heterocycles. The Morgan fingerprint density at radius 3 is 2.31 bits per heavy atom. The fourth-order valence-electron chi connectivity index (χ4n) is 4.51. The van der Waals surface area contributed by atoms with E-state index in [1.54, 1.807) is 0 Å². The van der Waals surface area contributed by atoms with Crippen molar-refractivity contribution in [1.82, 2.24) is 9.80 Å². The highest BCUT2D eigenvalue weighted by Gasteiger charge is 2.48. The zero-order valence-electron chi connectivity index (χ0n) is 14.8. The summed E-state index contributed by atoms with van der Waals surface area (Å²) in [5, 5.41) is 0. The molecule has 3 unspecified atom stereocenters. The first-order valence-electron chi connectivity index (χ1n) is 9.49. The third-order valence-corrected chi connectivity index (χ3v) is 5.90. The molecule has 2 heterocycles. The summed E-state index contributed by atoms with van der Waals surface area (Å²) in [7, 11) is 0. The van der Waals surface area contributed by atoms with Gasteiger partial charge in [0.25, 0.3) is 0 Å². The lowest BCUT2D eigenvalue weighted by atomic mass is 9.85. The highest BCUT2D eigenvalue weighted by Crippen LogP contribution is 2.35. The van der Waals surface area contributed by atoms with Crippen molar-refractivity contribution in [2.75, 3.05) is 13.1 Å². The van der Waals surface area contributed by atoms with Gasteiger partial charge in [-0.05, 0) is 37.7 Å². The lowest BCUT2D eigenvalue weighted by Crippen LogP contribution is -2.45. The Bertz CT molecular complexity index is 717. The molecular formula is C21H24N2O3. The number of carbonyl (C=O) groups is 3. The van der Waals surface area contributed by atoms with Crippen LogP contribution in [0.3, 0.4) is 0 Å². The van der Waals surface area contributed by atoms with Crippen molar-refractivity contribution in [3.63, 3.8) is 0 Å². The number of hydrogen-bond acceptors (Lipinski definition) is 3. The summed E-state index contributed by atoms with van der Waals surface area (Å²) in [4.78, 5) is 41.1. The standard InChI is InChI=1S/C21H24N2O3/c24-19(14-23-20(25)17-10-4-5-11-18(17)21(23)26)22-12-6-9-16(22)13-15-7-2-1-3-8-15/h1-5,7-8,16-18H,6,9-14H2. The number of likely N-dealkylation sites (tertiary alicyclic amines) is 2. The molecule has 5 nitrogen and oxygen atoms in total. The van der Waals surface area contributed by atoms with E-state index in [1.807, 2.05) is 35.3 Å². The fourth-order valence-corrected chi connectivity index (χ4v) is 4.51. The molecule has 0 spiro atoms. The smallest absolute Gasteiger partial charge is 0.243 e. The van der Waals surface area contributed by atoms with Crippen LogP contribution in [0.1, 0.15) is 31.2 Å². The number of rotatable bonds is 4. The second-order valence-corrected chi connectivity index (χ2v) is 7.49. The number of benzene rings is 1. The van der Waals surface area contributed by atoms with E-state index in [1.165, 1.54) is 10.5 Å². The van der Waals surface area contributed by atoms with Crippen molar-refractivity contribution in [2.24, 2.45) is 11.8 Å². The highest BCUT2D eigenvalue weighted by atomic mass is 16.2. The molecule has 136 valence electrons. The number of allylic oxidation sites excluding steroid dienone is 2. The molecule has 1 aliphatic carbocycles. The summed E-state index contributed by atoms with van der Waals surface area (Å²) >= 11 is 0. The Morgan fingerprint density at radius 1 is 1.00 bits per heavy atom. The molecule has 4 rings (SSSR count). The highest BCUT2D eigenvalue weighted by molar-refractivity contribution is 6.07. The third-order valence-electron chi connectivity index (χ3n) is 5.90. The van der Waals surface area contributed by atoms with Gasteiger partial charge in [-0.1, -0.05) is 42.5 Å². The molecule has 2 aliphatic heterocycles. The third kappa shape index (κ3) is 3.06. The number of fused-ring (bicyclic) bond motifs is 1. The van der Waals surface area contributed by atoms with Gasteiger partial charge in [-0.15, -0.1) is 0 Å². The van der Waals surface area contributed by atoms with E-state index in [-0.39, 0.29) is 42.1 Å². The maximum atomic E-state index is 12.9. The van der Waals surface area contributed by atoms with E-state index in [0.717, 1.165) is 19.3 Å². The molecule has 2 fully saturated rings. The average Bonchev–Trinajstić information content (AvgIpc) is 3.22. The lowest BCUT2D eigenvalue weighted by molar-refractivity contribution is -0.146. The van der Waals surface area contributed by atoms with Crippen LogP contribution in [0.2, 0.25) is 0 Å². The van der Waals surface area contributed by atoms with E-state index >= 15 is 0 Å². The topological polar surface area (TPSA) is 57.7 Å². The molecular weight excluding hydrogens is 328 g/mol. The quantitative estimate of drug-likeness (QED) is 0.616. The van der Waals surface area contributed by atoms with Crippen LogP contribution < -0.4 is 0 Å².